The van der Waals surface area contributed by atoms with Crippen molar-refractivity contribution in [1.82, 2.24) is 0 Å². The van der Waals surface area contributed by atoms with Crippen molar-refractivity contribution in [3.63, 3.8) is 0 Å². The van der Waals surface area contributed by atoms with Crippen molar-refractivity contribution in [2.24, 2.45) is 0 Å². The van der Waals surface area contributed by atoms with E-state index in [0.717, 1.165) is 12.1 Å². The molecule has 0 saturated carbocycles. The molecule has 0 atom stereocenters. The molecule has 0 saturated heterocycles. The number of rotatable bonds is 4. The summed E-state index contributed by atoms with van der Waals surface area (Å²) in [6.45, 7) is 0.446. The maximum Gasteiger partial charge on any atom is 0.465 e. The van der Waals surface area contributed by atoms with Crippen LogP contribution in [-0.2, 0) is 16.1 Å². The first kappa shape index (κ1) is 16.8. The maximum atomic E-state index is 12.6. The summed E-state index contributed by atoms with van der Waals surface area (Å²) < 4.78 is 64.9. The van der Waals surface area contributed by atoms with Crippen LogP contribution in [0.3, 0.4) is 0 Å². The van der Waals surface area contributed by atoms with Crippen molar-refractivity contribution in [1.29, 1.82) is 0 Å². The van der Waals surface area contributed by atoms with Gasteiger partial charge in [0.25, 0.3) is 5.69 Å². The van der Waals surface area contributed by atoms with Crippen LogP contribution in [0.2, 0.25) is 0 Å². The molecule has 0 aromatic heterocycles. The lowest BCUT2D eigenvalue weighted by Gasteiger charge is -2.17. The fourth-order valence-corrected chi connectivity index (χ4v) is 1.36. The summed E-state index contributed by atoms with van der Waals surface area (Å²) in [5, 5.41) is 10.7. The highest BCUT2D eigenvalue weighted by atomic mass is 19.4. The largest absolute Gasteiger partial charge is 0.465 e. The summed E-state index contributed by atoms with van der Waals surface area (Å²) in [6.07, 6.45) is -6.09. The number of nitrogens with zero attached hydrogens (tertiary/aromatic N) is 1. The lowest BCUT2D eigenvalue weighted by Crippen LogP contribution is -2.45. The summed E-state index contributed by atoms with van der Waals surface area (Å²) in [5.41, 5.74) is -0.357. The number of benzene rings is 1. The zero-order valence-corrected chi connectivity index (χ0v) is 10.4. The van der Waals surface area contributed by atoms with Gasteiger partial charge in [-0.1, -0.05) is 11.6 Å². The summed E-state index contributed by atoms with van der Waals surface area (Å²) in [7, 11) is 0. The van der Waals surface area contributed by atoms with Crippen molar-refractivity contribution >= 4 is 11.7 Å². The molecule has 10 heteroatoms. The average molecular weight is 313 g/mol. The van der Waals surface area contributed by atoms with Gasteiger partial charge in [0.2, 0.25) is 0 Å². The smallest absolute Gasteiger partial charge is 0.456 e. The fourth-order valence-electron chi connectivity index (χ4n) is 1.36. The summed E-state index contributed by atoms with van der Waals surface area (Å²) in [5.74, 6) is -8.49. The number of nitro groups is 1. The van der Waals surface area contributed by atoms with Gasteiger partial charge < -0.3 is 4.74 Å². The van der Waals surface area contributed by atoms with E-state index in [1.54, 1.807) is 0 Å². The molecule has 116 valence electrons. The zero-order valence-electron chi connectivity index (χ0n) is 10.4. The normalized spacial score (nSPS) is 12.1. The Hall–Kier alpha value is -2.26. The Morgan fingerprint density at radius 2 is 1.86 bits per heavy atom. The standard InChI is InChI=1S/C11H8F5NO4/c1-6-2-3-8(17(19)20)7(4-6)5-21-9(18)10(12,13)11(14,15)16/h2-4H,5H2,1H3. The third-order valence-corrected chi connectivity index (χ3v) is 2.40. The van der Waals surface area contributed by atoms with E-state index in [1.165, 1.54) is 13.0 Å². The summed E-state index contributed by atoms with van der Waals surface area (Å²) in [6, 6.07) is 3.52. The molecule has 0 amide bonds. The highest BCUT2D eigenvalue weighted by Crippen LogP contribution is 2.36. The molecular formula is C11H8F5NO4. The number of esters is 1. The number of ether oxygens (including phenoxy) is 1. The highest BCUT2D eigenvalue weighted by molar-refractivity contribution is 5.78. The molecule has 0 aliphatic rings. The number of hydrogen-bond acceptors (Lipinski definition) is 4. The number of aryl methyl sites for hydroxylation is 1. The van der Waals surface area contributed by atoms with E-state index >= 15 is 0 Å². The minimum Gasteiger partial charge on any atom is -0.456 e. The van der Waals surface area contributed by atoms with Gasteiger partial charge in [-0.15, -0.1) is 0 Å². The molecule has 0 bridgehead atoms. The molecule has 5 nitrogen and oxygen atoms in total. The second kappa shape index (κ2) is 5.62. The number of halogens is 5. The van der Waals surface area contributed by atoms with Crippen LogP contribution in [0.25, 0.3) is 0 Å². The van der Waals surface area contributed by atoms with Crippen molar-refractivity contribution in [2.75, 3.05) is 0 Å². The lowest BCUT2D eigenvalue weighted by atomic mass is 10.1. The molecule has 0 unspecified atom stereocenters. The van der Waals surface area contributed by atoms with Crippen molar-refractivity contribution < 1.29 is 36.4 Å². The zero-order chi connectivity index (χ0) is 16.4. The molecule has 1 rings (SSSR count). The first-order chi connectivity index (χ1) is 9.46. The van der Waals surface area contributed by atoms with Gasteiger partial charge >= 0.3 is 18.1 Å². The molecule has 0 aliphatic heterocycles. The predicted octanol–water partition coefficient (Wildman–Crippen LogP) is 3.14. The van der Waals surface area contributed by atoms with Crippen LogP contribution in [0.5, 0.6) is 0 Å². The molecule has 1 aromatic carbocycles. The van der Waals surface area contributed by atoms with E-state index in [0.29, 0.717) is 5.56 Å². The molecule has 0 fully saturated rings. The lowest BCUT2D eigenvalue weighted by molar-refractivity contribution is -0.385. The molecule has 0 heterocycles. The molecule has 1 aromatic rings. The molecule has 21 heavy (non-hydrogen) atoms. The van der Waals surface area contributed by atoms with Crippen molar-refractivity contribution in [3.05, 3.63) is 39.4 Å². The molecule has 0 N–H and O–H groups in total. The summed E-state index contributed by atoms with van der Waals surface area (Å²) >= 11 is 0. The minimum atomic E-state index is -6.09. The Morgan fingerprint density at radius 3 is 2.33 bits per heavy atom. The van der Waals surface area contributed by atoms with E-state index in [2.05, 4.69) is 4.74 Å². The van der Waals surface area contributed by atoms with Gasteiger partial charge in [0, 0.05) is 6.07 Å². The van der Waals surface area contributed by atoms with Gasteiger partial charge in [0.05, 0.1) is 10.5 Å². The van der Waals surface area contributed by atoms with Crippen LogP contribution in [0.15, 0.2) is 18.2 Å². The number of alkyl halides is 5. The molecule has 0 radical (unpaired) electrons. The van der Waals surface area contributed by atoms with Gasteiger partial charge in [0.15, 0.2) is 0 Å². The van der Waals surface area contributed by atoms with E-state index in [4.69, 9.17) is 0 Å². The van der Waals surface area contributed by atoms with Crippen molar-refractivity contribution in [3.8, 4) is 0 Å². The van der Waals surface area contributed by atoms with Gasteiger partial charge in [-0.3, -0.25) is 10.1 Å². The quantitative estimate of drug-likeness (QED) is 0.370. The average Bonchev–Trinajstić information content (AvgIpc) is 2.34. The monoisotopic (exact) mass is 313 g/mol. The van der Waals surface area contributed by atoms with E-state index < -0.39 is 35.3 Å². The molecule has 0 aliphatic carbocycles. The first-order valence-corrected chi connectivity index (χ1v) is 5.32. The Balaban J connectivity index is 2.92. The van der Waals surface area contributed by atoms with Crippen LogP contribution in [-0.4, -0.2) is 23.0 Å². The van der Waals surface area contributed by atoms with Gasteiger partial charge in [-0.05, 0) is 13.0 Å². The third-order valence-electron chi connectivity index (χ3n) is 2.40. The predicted molar refractivity (Wildman–Crippen MR) is 58.6 cm³/mol. The van der Waals surface area contributed by atoms with Crippen LogP contribution in [0, 0.1) is 17.0 Å². The maximum absolute atomic E-state index is 12.6. The van der Waals surface area contributed by atoms with Crippen LogP contribution < -0.4 is 0 Å². The van der Waals surface area contributed by atoms with E-state index in [1.807, 2.05) is 0 Å². The SMILES string of the molecule is Cc1ccc([N+](=O)[O-])c(COC(=O)C(F)(F)C(F)(F)F)c1. The van der Waals surface area contributed by atoms with E-state index in [9.17, 15) is 36.9 Å². The Morgan fingerprint density at radius 1 is 1.29 bits per heavy atom. The minimum absolute atomic E-state index is 0.286. The fraction of sp³-hybridized carbons (Fsp3) is 0.364. The first-order valence-electron chi connectivity index (χ1n) is 5.32. The molecular weight excluding hydrogens is 305 g/mol. The second-order valence-corrected chi connectivity index (χ2v) is 4.04. The van der Waals surface area contributed by atoms with Gasteiger partial charge in [-0.2, -0.15) is 22.0 Å². The van der Waals surface area contributed by atoms with Crippen LogP contribution in [0.4, 0.5) is 27.6 Å². The van der Waals surface area contributed by atoms with E-state index in [-0.39, 0.29) is 5.56 Å². The Bertz CT molecular complexity index is 570. The number of hydrogen-bond donors (Lipinski definition) is 0. The number of carbonyl (C=O) groups excluding carboxylic acids is 1. The van der Waals surface area contributed by atoms with Crippen LogP contribution >= 0.6 is 0 Å². The third kappa shape index (κ3) is 3.64. The second-order valence-electron chi connectivity index (χ2n) is 4.04. The Kier molecular flexibility index (Phi) is 4.49. The topological polar surface area (TPSA) is 69.4 Å². The van der Waals surface area contributed by atoms with Gasteiger partial charge in [-0.25, -0.2) is 4.79 Å². The summed E-state index contributed by atoms with van der Waals surface area (Å²) in [4.78, 5) is 20.6. The highest BCUT2D eigenvalue weighted by Gasteiger charge is 2.64. The van der Waals surface area contributed by atoms with Crippen LogP contribution in [0.1, 0.15) is 11.1 Å². The van der Waals surface area contributed by atoms with Crippen molar-refractivity contribution in [2.45, 2.75) is 25.6 Å². The van der Waals surface area contributed by atoms with Gasteiger partial charge in [0.1, 0.15) is 6.61 Å². The Labute approximate surface area is 114 Å². The number of carbonyl (C=O) groups is 1. The number of nitro benzene ring substituents is 1. The molecule has 0 spiro atoms.